The molecule has 0 heterocycles. The second kappa shape index (κ2) is 8.79. The SMILES string of the molecule is Cc1ccc(COc2ccc(/C=N/NC(=O)c3cc(O)c(O)c(O)c3)cc2)cc1. The lowest BCUT2D eigenvalue weighted by Crippen LogP contribution is -2.17. The van der Waals surface area contributed by atoms with Gasteiger partial charge in [0.2, 0.25) is 0 Å². The Morgan fingerprint density at radius 2 is 1.62 bits per heavy atom. The van der Waals surface area contributed by atoms with E-state index in [0.29, 0.717) is 12.4 Å². The Balaban J connectivity index is 1.54. The minimum absolute atomic E-state index is 0.0465. The predicted molar refractivity (Wildman–Crippen MR) is 108 cm³/mol. The number of carbonyl (C=O) groups is 1. The smallest absolute Gasteiger partial charge is 0.271 e. The van der Waals surface area contributed by atoms with Gasteiger partial charge in [-0.15, -0.1) is 0 Å². The lowest BCUT2D eigenvalue weighted by Gasteiger charge is -2.07. The molecule has 4 N–H and O–H groups in total. The largest absolute Gasteiger partial charge is 0.504 e. The third kappa shape index (κ3) is 5.26. The zero-order valence-electron chi connectivity index (χ0n) is 15.7. The molecule has 0 saturated carbocycles. The first-order valence-corrected chi connectivity index (χ1v) is 8.79. The van der Waals surface area contributed by atoms with Gasteiger partial charge in [0.05, 0.1) is 6.21 Å². The van der Waals surface area contributed by atoms with E-state index in [1.165, 1.54) is 11.8 Å². The molecule has 3 rings (SSSR count). The van der Waals surface area contributed by atoms with Crippen molar-refractivity contribution in [1.82, 2.24) is 5.43 Å². The predicted octanol–water partition coefficient (Wildman–Crippen LogP) is 3.45. The maximum absolute atomic E-state index is 12.0. The summed E-state index contributed by atoms with van der Waals surface area (Å²) in [5.41, 5.74) is 5.25. The van der Waals surface area contributed by atoms with Gasteiger partial charge in [0, 0.05) is 5.56 Å². The van der Waals surface area contributed by atoms with Crippen LogP contribution in [0.4, 0.5) is 0 Å². The molecule has 3 aromatic rings. The molecule has 7 nitrogen and oxygen atoms in total. The van der Waals surface area contributed by atoms with Gasteiger partial charge in [0.25, 0.3) is 5.91 Å². The van der Waals surface area contributed by atoms with Crippen LogP contribution in [0.1, 0.15) is 27.0 Å². The third-order valence-electron chi connectivity index (χ3n) is 4.12. The topological polar surface area (TPSA) is 111 Å². The van der Waals surface area contributed by atoms with Gasteiger partial charge >= 0.3 is 0 Å². The quantitative estimate of drug-likeness (QED) is 0.292. The molecule has 0 spiro atoms. The first-order chi connectivity index (χ1) is 13.9. The summed E-state index contributed by atoms with van der Waals surface area (Å²) >= 11 is 0. The highest BCUT2D eigenvalue weighted by atomic mass is 16.5. The van der Waals surface area contributed by atoms with Crippen LogP contribution in [0.5, 0.6) is 23.0 Å². The van der Waals surface area contributed by atoms with Gasteiger partial charge in [-0.05, 0) is 54.4 Å². The summed E-state index contributed by atoms with van der Waals surface area (Å²) in [5.74, 6) is -1.82. The van der Waals surface area contributed by atoms with Gasteiger partial charge in [-0.2, -0.15) is 5.10 Å². The monoisotopic (exact) mass is 392 g/mol. The molecule has 0 aromatic heterocycles. The average Bonchev–Trinajstić information content (AvgIpc) is 2.72. The van der Waals surface area contributed by atoms with E-state index in [1.807, 2.05) is 31.2 Å². The fourth-order valence-corrected chi connectivity index (χ4v) is 2.47. The van der Waals surface area contributed by atoms with Gasteiger partial charge in [0.15, 0.2) is 17.2 Å². The fraction of sp³-hybridized carbons (Fsp3) is 0.0909. The number of nitrogens with zero attached hydrogens (tertiary/aromatic N) is 1. The number of hydrogen-bond acceptors (Lipinski definition) is 6. The molecule has 1 amide bonds. The number of amides is 1. The van der Waals surface area contributed by atoms with Crippen LogP contribution in [0.25, 0.3) is 0 Å². The Morgan fingerprint density at radius 3 is 2.24 bits per heavy atom. The standard InChI is InChI=1S/C22H20N2O5/c1-14-2-4-16(5-3-14)13-29-18-8-6-15(7-9-18)12-23-24-22(28)17-10-19(25)21(27)20(26)11-17/h2-12,25-27H,13H2,1H3,(H,24,28)/b23-12+. The summed E-state index contributed by atoms with van der Waals surface area (Å²) in [6, 6.07) is 17.3. The van der Waals surface area contributed by atoms with E-state index in [1.54, 1.807) is 24.3 Å². The minimum Gasteiger partial charge on any atom is -0.504 e. The highest BCUT2D eigenvalue weighted by Crippen LogP contribution is 2.35. The van der Waals surface area contributed by atoms with E-state index in [0.717, 1.165) is 23.3 Å². The van der Waals surface area contributed by atoms with Crippen LogP contribution in [0, 0.1) is 6.92 Å². The molecular weight excluding hydrogens is 372 g/mol. The first kappa shape index (κ1) is 19.8. The highest BCUT2D eigenvalue weighted by molar-refractivity contribution is 5.96. The van der Waals surface area contributed by atoms with Gasteiger partial charge in [0.1, 0.15) is 12.4 Å². The number of benzene rings is 3. The lowest BCUT2D eigenvalue weighted by molar-refractivity contribution is 0.0954. The number of hydrogen-bond donors (Lipinski definition) is 4. The maximum atomic E-state index is 12.0. The second-order valence-electron chi connectivity index (χ2n) is 6.41. The Kier molecular flexibility index (Phi) is 5.99. The summed E-state index contributed by atoms with van der Waals surface area (Å²) < 4.78 is 5.74. The Morgan fingerprint density at radius 1 is 1.00 bits per heavy atom. The summed E-state index contributed by atoms with van der Waals surface area (Å²) in [6.45, 7) is 2.50. The molecule has 7 heteroatoms. The highest BCUT2D eigenvalue weighted by Gasteiger charge is 2.12. The number of phenolic OH excluding ortho intramolecular Hbond substituents is 3. The number of hydrazone groups is 1. The normalized spacial score (nSPS) is 10.8. The lowest BCUT2D eigenvalue weighted by atomic mass is 10.2. The van der Waals surface area contributed by atoms with Crippen LogP contribution in [-0.2, 0) is 6.61 Å². The van der Waals surface area contributed by atoms with Crippen molar-refractivity contribution in [1.29, 1.82) is 0 Å². The van der Waals surface area contributed by atoms with Crippen LogP contribution < -0.4 is 10.2 Å². The fourth-order valence-electron chi connectivity index (χ4n) is 2.47. The number of rotatable bonds is 6. The van der Waals surface area contributed by atoms with E-state index in [2.05, 4.69) is 10.5 Å². The van der Waals surface area contributed by atoms with Crippen LogP contribution in [0.2, 0.25) is 0 Å². The summed E-state index contributed by atoms with van der Waals surface area (Å²) in [4.78, 5) is 12.0. The molecule has 0 fully saturated rings. The Bertz CT molecular complexity index is 1010. The first-order valence-electron chi connectivity index (χ1n) is 8.79. The van der Waals surface area contributed by atoms with Crippen molar-refractivity contribution in [3.63, 3.8) is 0 Å². The van der Waals surface area contributed by atoms with Crippen molar-refractivity contribution >= 4 is 12.1 Å². The molecule has 29 heavy (non-hydrogen) atoms. The van der Waals surface area contributed by atoms with Crippen molar-refractivity contribution < 1.29 is 24.9 Å². The molecule has 0 aliphatic rings. The maximum Gasteiger partial charge on any atom is 0.271 e. The average molecular weight is 392 g/mol. The molecular formula is C22H20N2O5. The Hall–Kier alpha value is -4.00. The van der Waals surface area contributed by atoms with Crippen molar-refractivity contribution in [3.8, 4) is 23.0 Å². The number of aryl methyl sites for hydroxylation is 1. The Labute approximate surface area is 167 Å². The zero-order valence-corrected chi connectivity index (χ0v) is 15.7. The van der Waals surface area contributed by atoms with Gasteiger partial charge in [-0.1, -0.05) is 29.8 Å². The molecule has 0 radical (unpaired) electrons. The van der Waals surface area contributed by atoms with E-state index < -0.39 is 23.2 Å². The number of ether oxygens (including phenoxy) is 1. The van der Waals surface area contributed by atoms with Crippen molar-refractivity contribution in [2.75, 3.05) is 0 Å². The molecule has 0 unspecified atom stereocenters. The molecule has 0 bridgehead atoms. The second-order valence-corrected chi connectivity index (χ2v) is 6.41. The summed E-state index contributed by atoms with van der Waals surface area (Å²) in [7, 11) is 0. The molecule has 3 aromatic carbocycles. The molecule has 148 valence electrons. The molecule has 0 aliphatic carbocycles. The number of phenols is 3. The zero-order chi connectivity index (χ0) is 20.8. The van der Waals surface area contributed by atoms with E-state index in [9.17, 15) is 20.1 Å². The van der Waals surface area contributed by atoms with E-state index >= 15 is 0 Å². The van der Waals surface area contributed by atoms with Gasteiger partial charge in [-0.3, -0.25) is 4.79 Å². The van der Waals surface area contributed by atoms with E-state index in [-0.39, 0.29) is 5.56 Å². The molecule has 0 saturated heterocycles. The summed E-state index contributed by atoms with van der Waals surface area (Å²) in [5, 5.41) is 32.0. The van der Waals surface area contributed by atoms with Crippen LogP contribution in [0.3, 0.4) is 0 Å². The third-order valence-corrected chi connectivity index (χ3v) is 4.12. The summed E-state index contributed by atoms with van der Waals surface area (Å²) in [6.07, 6.45) is 1.45. The minimum atomic E-state index is -0.685. The van der Waals surface area contributed by atoms with Gasteiger partial charge in [-0.25, -0.2) is 5.43 Å². The molecule has 0 aliphatic heterocycles. The number of nitrogens with one attached hydrogen (secondary N) is 1. The van der Waals surface area contributed by atoms with Crippen LogP contribution in [0.15, 0.2) is 65.8 Å². The van der Waals surface area contributed by atoms with Crippen molar-refractivity contribution in [2.45, 2.75) is 13.5 Å². The van der Waals surface area contributed by atoms with Crippen LogP contribution >= 0.6 is 0 Å². The van der Waals surface area contributed by atoms with Crippen molar-refractivity contribution in [2.24, 2.45) is 5.10 Å². The number of carbonyl (C=O) groups excluding carboxylic acids is 1. The number of aromatic hydroxyl groups is 3. The molecule has 0 atom stereocenters. The van der Waals surface area contributed by atoms with E-state index in [4.69, 9.17) is 4.74 Å². The van der Waals surface area contributed by atoms with Gasteiger partial charge < -0.3 is 20.1 Å². The van der Waals surface area contributed by atoms with Crippen LogP contribution in [-0.4, -0.2) is 27.4 Å². The van der Waals surface area contributed by atoms with Crippen molar-refractivity contribution in [3.05, 3.63) is 82.9 Å².